The molecule has 0 aromatic heterocycles. The van der Waals surface area contributed by atoms with Gasteiger partial charge in [0.2, 0.25) is 0 Å². The summed E-state index contributed by atoms with van der Waals surface area (Å²) in [5.74, 6) is 0.710. The number of rotatable bonds is 8. The smallest absolute Gasteiger partial charge is 0.266 e. The zero-order chi connectivity index (χ0) is 24.8. The monoisotopic (exact) mass is 524 g/mol. The van der Waals surface area contributed by atoms with E-state index in [1.54, 1.807) is 17.0 Å². The van der Waals surface area contributed by atoms with Gasteiger partial charge in [-0.2, -0.15) is 0 Å². The van der Waals surface area contributed by atoms with Crippen molar-refractivity contribution in [3.63, 3.8) is 0 Å². The number of amides is 1. The van der Waals surface area contributed by atoms with Crippen molar-refractivity contribution in [3.05, 3.63) is 98.4 Å². The molecule has 1 heterocycles. The maximum Gasteiger partial charge on any atom is 0.266 e. The minimum atomic E-state index is -0.00739. The molecule has 0 N–H and O–H groups in total. The Morgan fingerprint density at radius 2 is 1.77 bits per heavy atom. The average Bonchev–Trinajstić information content (AvgIpc) is 3.13. The highest BCUT2D eigenvalue weighted by Gasteiger charge is 2.32. The van der Waals surface area contributed by atoms with Crippen LogP contribution in [0.15, 0.2) is 76.6 Å². The second kappa shape index (κ2) is 11.8. The summed E-state index contributed by atoms with van der Waals surface area (Å²) in [5.41, 5.74) is 3.81. The zero-order valence-electron chi connectivity index (χ0n) is 19.6. The Morgan fingerprint density at radius 1 is 1.03 bits per heavy atom. The number of carbonyl (C=O) groups excluding carboxylic acids is 1. The van der Waals surface area contributed by atoms with Gasteiger partial charge in [0.15, 0.2) is 5.17 Å². The Bertz CT molecular complexity index is 1250. The summed E-state index contributed by atoms with van der Waals surface area (Å²) < 4.78 is 5.86. The van der Waals surface area contributed by atoms with Crippen molar-refractivity contribution in [3.8, 4) is 5.75 Å². The lowest BCUT2D eigenvalue weighted by atomic mass is 10.2. The van der Waals surface area contributed by atoms with Crippen LogP contribution in [0.5, 0.6) is 5.75 Å². The van der Waals surface area contributed by atoms with Gasteiger partial charge in [-0.15, -0.1) is 0 Å². The lowest BCUT2D eigenvalue weighted by Gasteiger charge is -2.14. The molecular weight excluding hydrogens is 499 g/mol. The normalized spacial score (nSPS) is 15.9. The van der Waals surface area contributed by atoms with Gasteiger partial charge in [-0.1, -0.05) is 72.4 Å². The number of ether oxygens (including phenoxy) is 1. The van der Waals surface area contributed by atoms with E-state index < -0.39 is 0 Å². The number of amidine groups is 1. The summed E-state index contributed by atoms with van der Waals surface area (Å²) in [7, 11) is 0. The summed E-state index contributed by atoms with van der Waals surface area (Å²) in [6.45, 7) is 5.16. The minimum Gasteiger partial charge on any atom is -0.489 e. The fourth-order valence-electron chi connectivity index (χ4n) is 3.45. The Morgan fingerprint density at radius 3 is 2.46 bits per heavy atom. The van der Waals surface area contributed by atoms with Gasteiger partial charge in [0.25, 0.3) is 5.91 Å². The number of aliphatic imine (C=N–C) groups is 1. The van der Waals surface area contributed by atoms with Crippen LogP contribution in [0.4, 0.5) is 5.69 Å². The number of aryl methyl sites for hydroxylation is 1. The maximum atomic E-state index is 13.2. The Balaban J connectivity index is 1.48. The van der Waals surface area contributed by atoms with Crippen LogP contribution in [0.3, 0.4) is 0 Å². The van der Waals surface area contributed by atoms with Crippen LogP contribution in [-0.2, 0) is 11.4 Å². The number of halogens is 2. The molecule has 4 rings (SSSR count). The fraction of sp³-hybridized carbons (Fsp3) is 0.214. The second-order valence-electron chi connectivity index (χ2n) is 8.24. The molecular formula is C28H26Cl2N2O2S. The van der Waals surface area contributed by atoms with Crippen LogP contribution >= 0.6 is 35.0 Å². The Labute approximate surface area is 220 Å². The number of unbranched alkanes of at least 4 members (excludes halogenated alkanes) is 1. The number of hydrogen-bond acceptors (Lipinski definition) is 4. The molecule has 4 nitrogen and oxygen atoms in total. The molecule has 180 valence electrons. The van der Waals surface area contributed by atoms with Crippen LogP contribution in [0.1, 0.15) is 36.5 Å². The van der Waals surface area contributed by atoms with E-state index in [1.165, 1.54) is 17.3 Å². The largest absolute Gasteiger partial charge is 0.489 e. The van der Waals surface area contributed by atoms with Gasteiger partial charge in [-0.05, 0) is 73.1 Å². The van der Waals surface area contributed by atoms with Crippen molar-refractivity contribution in [2.24, 2.45) is 4.99 Å². The first kappa shape index (κ1) is 25.4. The first-order chi connectivity index (χ1) is 16.9. The van der Waals surface area contributed by atoms with Crippen molar-refractivity contribution < 1.29 is 9.53 Å². The molecule has 1 aliphatic rings. The van der Waals surface area contributed by atoms with E-state index in [9.17, 15) is 4.79 Å². The van der Waals surface area contributed by atoms with Crippen LogP contribution in [0.25, 0.3) is 6.08 Å². The molecule has 1 amide bonds. The molecule has 7 heteroatoms. The summed E-state index contributed by atoms with van der Waals surface area (Å²) in [6.07, 6.45) is 3.84. The summed E-state index contributed by atoms with van der Waals surface area (Å²) >= 11 is 13.6. The van der Waals surface area contributed by atoms with Gasteiger partial charge >= 0.3 is 0 Å². The Hall–Kier alpha value is -2.73. The fourth-order valence-corrected chi connectivity index (χ4v) is 4.93. The van der Waals surface area contributed by atoms with E-state index in [0.29, 0.717) is 28.1 Å². The van der Waals surface area contributed by atoms with E-state index in [2.05, 4.69) is 6.92 Å². The lowest BCUT2D eigenvalue weighted by Crippen LogP contribution is -2.30. The molecule has 1 saturated heterocycles. The predicted molar refractivity (Wildman–Crippen MR) is 148 cm³/mol. The van der Waals surface area contributed by atoms with E-state index in [1.807, 2.05) is 67.6 Å². The van der Waals surface area contributed by atoms with Gasteiger partial charge < -0.3 is 4.74 Å². The van der Waals surface area contributed by atoms with E-state index in [-0.39, 0.29) is 5.91 Å². The van der Waals surface area contributed by atoms with Crippen molar-refractivity contribution >= 4 is 57.8 Å². The highest BCUT2D eigenvalue weighted by atomic mass is 35.5. The molecule has 1 fully saturated rings. The van der Waals surface area contributed by atoms with Crippen LogP contribution in [0.2, 0.25) is 10.0 Å². The molecule has 3 aromatic carbocycles. The molecule has 0 saturated carbocycles. The van der Waals surface area contributed by atoms with Crippen LogP contribution in [0, 0.1) is 6.92 Å². The third-order valence-electron chi connectivity index (χ3n) is 5.47. The molecule has 3 aromatic rings. The molecule has 0 radical (unpaired) electrons. The number of benzene rings is 3. The van der Waals surface area contributed by atoms with E-state index in [4.69, 9.17) is 32.9 Å². The van der Waals surface area contributed by atoms with Crippen molar-refractivity contribution in [2.45, 2.75) is 33.3 Å². The third kappa shape index (κ3) is 6.69. The number of nitrogens with zero attached hydrogens (tertiary/aromatic N) is 2. The second-order valence-corrected chi connectivity index (χ2v) is 10.1. The molecule has 35 heavy (non-hydrogen) atoms. The van der Waals surface area contributed by atoms with E-state index >= 15 is 0 Å². The quantitative estimate of drug-likeness (QED) is 0.278. The van der Waals surface area contributed by atoms with Gasteiger partial charge in [0.05, 0.1) is 10.6 Å². The first-order valence-corrected chi connectivity index (χ1v) is 13.0. The molecule has 0 spiro atoms. The minimum absolute atomic E-state index is 0.00739. The predicted octanol–water partition coefficient (Wildman–Crippen LogP) is 8.28. The summed E-state index contributed by atoms with van der Waals surface area (Å²) in [4.78, 5) is 20.4. The van der Waals surface area contributed by atoms with Crippen LogP contribution in [-0.4, -0.2) is 22.5 Å². The number of hydrogen-bond donors (Lipinski definition) is 0. The molecule has 0 unspecified atom stereocenters. The summed E-state index contributed by atoms with van der Waals surface area (Å²) in [6, 6.07) is 21.0. The lowest BCUT2D eigenvalue weighted by molar-refractivity contribution is -0.122. The summed E-state index contributed by atoms with van der Waals surface area (Å²) in [5, 5.41) is 1.89. The maximum absolute atomic E-state index is 13.2. The molecule has 1 aliphatic heterocycles. The van der Waals surface area contributed by atoms with Gasteiger partial charge in [0, 0.05) is 22.2 Å². The molecule has 0 aliphatic carbocycles. The molecule has 0 atom stereocenters. The highest BCUT2D eigenvalue weighted by Crippen LogP contribution is 2.34. The first-order valence-electron chi connectivity index (χ1n) is 11.5. The standard InChI is InChI=1S/C28H26Cl2N2O2S/c1-3-4-15-32-27(33)26(35-28(32)31-23-11-5-19(2)6-12-23)16-20-7-13-24(14-8-20)34-18-21-9-10-22(29)17-25(21)30/h5-14,16-17H,3-4,15,18H2,1-2H3/b26-16+,31-28?. The van der Waals surface area contributed by atoms with Crippen molar-refractivity contribution in [1.29, 1.82) is 0 Å². The number of thioether (sulfide) groups is 1. The average molecular weight is 526 g/mol. The SMILES string of the molecule is CCCCN1C(=O)/C(=C\c2ccc(OCc3ccc(Cl)cc3Cl)cc2)SC1=Nc1ccc(C)cc1. The van der Waals surface area contributed by atoms with Gasteiger partial charge in [0.1, 0.15) is 12.4 Å². The van der Waals surface area contributed by atoms with Crippen molar-refractivity contribution in [1.82, 2.24) is 4.90 Å². The highest BCUT2D eigenvalue weighted by molar-refractivity contribution is 8.18. The van der Waals surface area contributed by atoms with E-state index in [0.717, 1.165) is 40.6 Å². The van der Waals surface area contributed by atoms with Crippen molar-refractivity contribution in [2.75, 3.05) is 6.54 Å². The topological polar surface area (TPSA) is 41.9 Å². The third-order valence-corrected chi connectivity index (χ3v) is 7.06. The van der Waals surface area contributed by atoms with Gasteiger partial charge in [-0.3, -0.25) is 9.69 Å². The Kier molecular flexibility index (Phi) is 8.55. The van der Waals surface area contributed by atoms with Crippen LogP contribution < -0.4 is 4.74 Å². The molecule has 0 bridgehead atoms. The number of carbonyl (C=O) groups is 1. The van der Waals surface area contributed by atoms with Gasteiger partial charge in [-0.25, -0.2) is 4.99 Å². The zero-order valence-corrected chi connectivity index (χ0v) is 22.0.